The summed E-state index contributed by atoms with van der Waals surface area (Å²) in [5.41, 5.74) is 1.43. The molecule has 1 N–H and O–H groups in total. The molecule has 0 aliphatic heterocycles. The Bertz CT molecular complexity index is 544. The summed E-state index contributed by atoms with van der Waals surface area (Å²) in [6, 6.07) is 7.54. The molecule has 1 amide bonds. The zero-order valence-corrected chi connectivity index (χ0v) is 10.5. The van der Waals surface area contributed by atoms with Crippen LogP contribution in [-0.2, 0) is 4.79 Å². The Balaban J connectivity index is 2.49. The highest BCUT2D eigenvalue weighted by atomic mass is 79.9. The van der Waals surface area contributed by atoms with Crippen molar-refractivity contribution in [2.75, 3.05) is 11.2 Å². The summed E-state index contributed by atoms with van der Waals surface area (Å²) in [6.45, 7) is 0. The summed E-state index contributed by atoms with van der Waals surface area (Å²) in [7, 11) is 0. The molecule has 0 atom stereocenters. The van der Waals surface area contributed by atoms with E-state index in [1.54, 1.807) is 12.3 Å². The van der Waals surface area contributed by atoms with Gasteiger partial charge >= 0.3 is 0 Å². The van der Waals surface area contributed by atoms with Crippen molar-refractivity contribution >= 4 is 50.0 Å². The molecule has 16 heavy (non-hydrogen) atoms. The molecule has 0 bridgehead atoms. The van der Waals surface area contributed by atoms with Gasteiger partial charge in [0.2, 0.25) is 5.91 Å². The first kappa shape index (κ1) is 11.4. The van der Waals surface area contributed by atoms with E-state index in [-0.39, 0.29) is 11.8 Å². The van der Waals surface area contributed by atoms with E-state index in [2.05, 4.69) is 26.2 Å². The molecule has 0 saturated carbocycles. The molecule has 0 radical (unpaired) electrons. The van der Waals surface area contributed by atoms with Crippen LogP contribution in [0.5, 0.6) is 0 Å². The molecule has 5 heteroatoms. The molecular weight excluding hydrogens is 291 g/mol. The van der Waals surface area contributed by atoms with Crippen LogP contribution in [0.4, 0.5) is 5.69 Å². The third kappa shape index (κ3) is 2.33. The van der Waals surface area contributed by atoms with Crippen LogP contribution >= 0.6 is 27.5 Å². The van der Waals surface area contributed by atoms with Crippen LogP contribution in [0, 0.1) is 0 Å². The summed E-state index contributed by atoms with van der Waals surface area (Å²) >= 11 is 8.79. The Morgan fingerprint density at radius 3 is 3.06 bits per heavy atom. The largest absolute Gasteiger partial charge is 0.323 e. The molecule has 0 saturated heterocycles. The summed E-state index contributed by atoms with van der Waals surface area (Å²) in [5, 5.41) is 3.67. The molecular formula is C11H8BrClN2O. The maximum atomic E-state index is 11.2. The number of anilines is 1. The van der Waals surface area contributed by atoms with Gasteiger partial charge in [-0.3, -0.25) is 9.78 Å². The summed E-state index contributed by atoms with van der Waals surface area (Å²) in [4.78, 5) is 15.5. The molecule has 1 aromatic heterocycles. The molecule has 1 heterocycles. The lowest BCUT2D eigenvalue weighted by atomic mass is 10.2. The predicted octanol–water partition coefficient (Wildman–Crippen LogP) is 3.17. The van der Waals surface area contributed by atoms with E-state index in [9.17, 15) is 4.79 Å². The molecule has 0 aliphatic rings. The Hall–Kier alpha value is -1.13. The summed E-state index contributed by atoms with van der Waals surface area (Å²) < 4.78 is 0.904. The first-order chi connectivity index (χ1) is 7.70. The minimum absolute atomic E-state index is 0.0626. The average molecular weight is 300 g/mol. The van der Waals surface area contributed by atoms with Crippen molar-refractivity contribution in [3.05, 3.63) is 34.9 Å². The molecule has 3 nitrogen and oxygen atoms in total. The van der Waals surface area contributed by atoms with Crippen LogP contribution in [-0.4, -0.2) is 16.8 Å². The van der Waals surface area contributed by atoms with Gasteiger partial charge in [-0.05, 0) is 28.1 Å². The molecule has 82 valence electrons. The topological polar surface area (TPSA) is 42.0 Å². The molecule has 0 unspecified atom stereocenters. The number of halogens is 2. The van der Waals surface area contributed by atoms with E-state index < -0.39 is 0 Å². The molecule has 0 fully saturated rings. The van der Waals surface area contributed by atoms with Crippen molar-refractivity contribution < 1.29 is 4.79 Å². The maximum absolute atomic E-state index is 11.2. The van der Waals surface area contributed by atoms with Crippen molar-refractivity contribution in [1.29, 1.82) is 0 Å². The summed E-state index contributed by atoms with van der Waals surface area (Å²) in [6.07, 6.45) is 1.69. The number of hydrogen-bond donors (Lipinski definition) is 1. The Morgan fingerprint density at radius 1 is 1.50 bits per heavy atom. The number of alkyl halides is 1. The van der Waals surface area contributed by atoms with Crippen LogP contribution in [0.15, 0.2) is 34.9 Å². The van der Waals surface area contributed by atoms with Gasteiger partial charge in [-0.1, -0.05) is 12.1 Å². The molecule has 1 aromatic carbocycles. The third-order valence-electron chi connectivity index (χ3n) is 2.07. The number of nitrogens with one attached hydrogen (secondary N) is 1. The smallest absolute Gasteiger partial charge is 0.239 e. The number of carbonyl (C=O) groups is 1. The summed E-state index contributed by atoms with van der Waals surface area (Å²) in [5.74, 6) is -0.300. The fraction of sp³-hybridized carbons (Fsp3) is 0.0909. The maximum Gasteiger partial charge on any atom is 0.239 e. The van der Waals surface area contributed by atoms with E-state index in [0.29, 0.717) is 5.69 Å². The van der Waals surface area contributed by atoms with Crippen molar-refractivity contribution in [3.63, 3.8) is 0 Å². The number of nitrogens with zero attached hydrogens (tertiary/aromatic N) is 1. The van der Waals surface area contributed by atoms with Crippen LogP contribution in [0.1, 0.15) is 0 Å². The normalized spacial score (nSPS) is 10.4. The minimum atomic E-state index is -0.237. The van der Waals surface area contributed by atoms with Crippen molar-refractivity contribution in [1.82, 2.24) is 4.98 Å². The number of benzene rings is 1. The van der Waals surface area contributed by atoms with Gasteiger partial charge in [0.15, 0.2) is 0 Å². The van der Waals surface area contributed by atoms with Crippen molar-refractivity contribution in [2.24, 2.45) is 0 Å². The van der Waals surface area contributed by atoms with E-state index in [1.165, 1.54) is 0 Å². The fourth-order valence-electron chi connectivity index (χ4n) is 1.42. The van der Waals surface area contributed by atoms with Gasteiger partial charge in [0.05, 0.1) is 11.2 Å². The van der Waals surface area contributed by atoms with E-state index in [1.807, 2.05) is 18.2 Å². The Kier molecular flexibility index (Phi) is 3.41. The number of pyridine rings is 1. The lowest BCUT2D eigenvalue weighted by Crippen LogP contribution is -2.12. The minimum Gasteiger partial charge on any atom is -0.323 e. The van der Waals surface area contributed by atoms with Crippen molar-refractivity contribution in [3.8, 4) is 0 Å². The number of para-hydroxylation sites is 1. The SMILES string of the molecule is O=C(CCl)Nc1cccc2cc(Br)cnc12. The van der Waals surface area contributed by atoms with Gasteiger partial charge in [0.25, 0.3) is 0 Å². The molecule has 0 aliphatic carbocycles. The van der Waals surface area contributed by atoms with Crippen LogP contribution in [0.3, 0.4) is 0 Å². The van der Waals surface area contributed by atoms with Crippen molar-refractivity contribution in [2.45, 2.75) is 0 Å². The Labute approximate surface area is 106 Å². The number of fused-ring (bicyclic) bond motifs is 1. The number of rotatable bonds is 2. The second-order valence-electron chi connectivity index (χ2n) is 3.21. The lowest BCUT2D eigenvalue weighted by Gasteiger charge is -2.06. The van der Waals surface area contributed by atoms with Gasteiger partial charge in [-0.2, -0.15) is 0 Å². The zero-order chi connectivity index (χ0) is 11.5. The number of aromatic nitrogens is 1. The average Bonchev–Trinajstić information content (AvgIpc) is 2.28. The number of amides is 1. The highest BCUT2D eigenvalue weighted by molar-refractivity contribution is 9.10. The van der Waals surface area contributed by atoms with E-state index >= 15 is 0 Å². The predicted molar refractivity (Wildman–Crippen MR) is 68.8 cm³/mol. The highest BCUT2D eigenvalue weighted by Gasteiger charge is 2.05. The molecule has 2 rings (SSSR count). The van der Waals surface area contributed by atoms with Gasteiger partial charge < -0.3 is 5.32 Å². The van der Waals surface area contributed by atoms with Crippen LogP contribution in [0.25, 0.3) is 10.9 Å². The lowest BCUT2D eigenvalue weighted by molar-refractivity contribution is -0.113. The van der Waals surface area contributed by atoms with E-state index in [4.69, 9.17) is 11.6 Å². The molecule has 2 aromatic rings. The monoisotopic (exact) mass is 298 g/mol. The van der Waals surface area contributed by atoms with E-state index in [0.717, 1.165) is 15.4 Å². The van der Waals surface area contributed by atoms with Crippen LogP contribution in [0.2, 0.25) is 0 Å². The van der Waals surface area contributed by atoms with Gasteiger partial charge in [-0.15, -0.1) is 11.6 Å². The second-order valence-corrected chi connectivity index (χ2v) is 4.40. The van der Waals surface area contributed by atoms with Gasteiger partial charge in [-0.25, -0.2) is 0 Å². The highest BCUT2D eigenvalue weighted by Crippen LogP contribution is 2.23. The standard InChI is InChI=1S/C11H8BrClN2O/c12-8-4-7-2-1-3-9(11(7)14-6-8)15-10(16)5-13/h1-4,6H,5H2,(H,15,16). The Morgan fingerprint density at radius 2 is 2.31 bits per heavy atom. The van der Waals surface area contributed by atoms with Gasteiger partial charge in [0.1, 0.15) is 5.88 Å². The van der Waals surface area contributed by atoms with Crippen LogP contribution < -0.4 is 5.32 Å². The zero-order valence-electron chi connectivity index (χ0n) is 8.21. The molecule has 0 spiro atoms. The first-order valence-electron chi connectivity index (χ1n) is 4.61. The third-order valence-corrected chi connectivity index (χ3v) is 2.75. The second kappa shape index (κ2) is 4.80. The van der Waals surface area contributed by atoms with Gasteiger partial charge in [0, 0.05) is 16.1 Å². The number of hydrogen-bond acceptors (Lipinski definition) is 2. The fourth-order valence-corrected chi connectivity index (χ4v) is 1.83. The quantitative estimate of drug-likeness (QED) is 0.865. The first-order valence-corrected chi connectivity index (χ1v) is 5.93. The number of carbonyl (C=O) groups excluding carboxylic acids is 1.